The number of hydrogen-bond donors (Lipinski definition) is 1. The first-order chi connectivity index (χ1) is 9.70. The van der Waals surface area contributed by atoms with Crippen LogP contribution in [0.2, 0.25) is 0 Å². The van der Waals surface area contributed by atoms with Crippen LogP contribution in [0, 0.1) is 5.82 Å². The first kappa shape index (κ1) is 13.2. The van der Waals surface area contributed by atoms with Gasteiger partial charge in [0, 0.05) is 24.7 Å². The van der Waals surface area contributed by atoms with Crippen molar-refractivity contribution < 1.29 is 8.91 Å². The van der Waals surface area contributed by atoms with Crippen LogP contribution < -0.4 is 5.73 Å². The molecular formula is C14H17FN4O. The molecule has 2 N–H and O–H groups in total. The molecular weight excluding hydrogens is 259 g/mol. The van der Waals surface area contributed by atoms with E-state index in [0.717, 1.165) is 25.9 Å². The molecule has 0 bridgehead atoms. The first-order valence-corrected chi connectivity index (χ1v) is 6.77. The van der Waals surface area contributed by atoms with Crippen molar-refractivity contribution in [1.82, 2.24) is 15.0 Å². The summed E-state index contributed by atoms with van der Waals surface area (Å²) < 4.78 is 18.4. The molecule has 106 valence electrons. The molecule has 0 radical (unpaired) electrons. The quantitative estimate of drug-likeness (QED) is 0.925. The summed E-state index contributed by atoms with van der Waals surface area (Å²) in [6.45, 7) is 2.51. The van der Waals surface area contributed by atoms with Crippen molar-refractivity contribution >= 4 is 0 Å². The molecule has 1 aromatic carbocycles. The second-order valence-electron chi connectivity index (χ2n) is 5.14. The molecule has 20 heavy (non-hydrogen) atoms. The molecule has 1 aliphatic heterocycles. The van der Waals surface area contributed by atoms with Crippen molar-refractivity contribution in [1.29, 1.82) is 0 Å². The number of aromatic nitrogens is 2. The molecule has 0 unspecified atom stereocenters. The van der Waals surface area contributed by atoms with Crippen LogP contribution in [0.5, 0.6) is 0 Å². The van der Waals surface area contributed by atoms with Crippen molar-refractivity contribution in [2.75, 3.05) is 13.1 Å². The van der Waals surface area contributed by atoms with E-state index in [1.54, 1.807) is 12.1 Å². The van der Waals surface area contributed by atoms with E-state index in [4.69, 9.17) is 10.3 Å². The Morgan fingerprint density at radius 2 is 2.15 bits per heavy atom. The van der Waals surface area contributed by atoms with E-state index in [1.807, 2.05) is 0 Å². The molecule has 6 heteroatoms. The van der Waals surface area contributed by atoms with E-state index in [-0.39, 0.29) is 5.82 Å². The summed E-state index contributed by atoms with van der Waals surface area (Å²) in [7, 11) is 0. The summed E-state index contributed by atoms with van der Waals surface area (Å²) in [6.07, 6.45) is 1.98. The second-order valence-corrected chi connectivity index (χ2v) is 5.14. The third-order valence-electron chi connectivity index (χ3n) is 3.54. The summed E-state index contributed by atoms with van der Waals surface area (Å²) >= 11 is 0. The van der Waals surface area contributed by atoms with Gasteiger partial charge in [-0.15, -0.1) is 0 Å². The number of piperidine rings is 1. The maximum absolute atomic E-state index is 13.2. The van der Waals surface area contributed by atoms with Gasteiger partial charge in [-0.05, 0) is 25.0 Å². The van der Waals surface area contributed by atoms with E-state index >= 15 is 0 Å². The van der Waals surface area contributed by atoms with Gasteiger partial charge in [0.1, 0.15) is 5.82 Å². The molecule has 1 fully saturated rings. The number of benzene rings is 1. The maximum atomic E-state index is 13.2. The second kappa shape index (κ2) is 5.68. The highest BCUT2D eigenvalue weighted by Gasteiger charge is 2.18. The number of rotatable bonds is 3. The largest absolute Gasteiger partial charge is 0.338 e. The molecule has 0 spiro atoms. The number of halogens is 1. The van der Waals surface area contributed by atoms with Crippen molar-refractivity contribution in [3.8, 4) is 11.4 Å². The van der Waals surface area contributed by atoms with Gasteiger partial charge in [-0.25, -0.2) is 4.39 Å². The molecule has 1 saturated heterocycles. The van der Waals surface area contributed by atoms with Gasteiger partial charge in [-0.3, -0.25) is 4.90 Å². The van der Waals surface area contributed by atoms with Gasteiger partial charge in [0.05, 0.1) is 6.54 Å². The predicted molar refractivity (Wildman–Crippen MR) is 72.2 cm³/mol. The molecule has 0 aliphatic carbocycles. The van der Waals surface area contributed by atoms with Crippen LogP contribution >= 0.6 is 0 Å². The summed E-state index contributed by atoms with van der Waals surface area (Å²) in [5.74, 6) is 0.673. The fourth-order valence-electron chi connectivity index (χ4n) is 2.37. The van der Waals surface area contributed by atoms with Crippen molar-refractivity contribution in [3.63, 3.8) is 0 Å². The number of hydrogen-bond acceptors (Lipinski definition) is 5. The zero-order valence-corrected chi connectivity index (χ0v) is 11.1. The van der Waals surface area contributed by atoms with Gasteiger partial charge >= 0.3 is 0 Å². The molecule has 2 aromatic rings. The molecule has 0 atom stereocenters. The highest BCUT2D eigenvalue weighted by molar-refractivity contribution is 5.53. The maximum Gasteiger partial charge on any atom is 0.241 e. The minimum Gasteiger partial charge on any atom is -0.338 e. The fourth-order valence-corrected chi connectivity index (χ4v) is 2.37. The van der Waals surface area contributed by atoms with Crippen LogP contribution in [0.25, 0.3) is 11.4 Å². The van der Waals surface area contributed by atoms with E-state index in [9.17, 15) is 4.39 Å². The normalized spacial score (nSPS) is 17.5. The van der Waals surface area contributed by atoms with Crippen LogP contribution in [-0.2, 0) is 6.54 Å². The molecule has 3 rings (SSSR count). The number of nitrogens with zero attached hydrogens (tertiary/aromatic N) is 3. The van der Waals surface area contributed by atoms with Gasteiger partial charge in [-0.1, -0.05) is 17.3 Å². The van der Waals surface area contributed by atoms with Gasteiger partial charge < -0.3 is 10.3 Å². The Kier molecular flexibility index (Phi) is 3.75. The molecule has 1 aliphatic rings. The minimum absolute atomic E-state index is 0.303. The summed E-state index contributed by atoms with van der Waals surface area (Å²) in [6, 6.07) is 6.48. The Labute approximate surface area is 116 Å². The van der Waals surface area contributed by atoms with Crippen LogP contribution in [0.15, 0.2) is 28.8 Å². The number of likely N-dealkylation sites (tertiary alicyclic amines) is 1. The molecule has 2 heterocycles. The van der Waals surface area contributed by atoms with Crippen molar-refractivity contribution in [3.05, 3.63) is 36.0 Å². The van der Waals surface area contributed by atoms with Crippen LogP contribution in [0.4, 0.5) is 4.39 Å². The molecule has 5 nitrogen and oxygen atoms in total. The molecule has 0 amide bonds. The zero-order chi connectivity index (χ0) is 13.9. The first-order valence-electron chi connectivity index (χ1n) is 6.77. The highest BCUT2D eigenvalue weighted by atomic mass is 19.1. The summed E-state index contributed by atoms with van der Waals surface area (Å²) in [4.78, 5) is 6.56. The Morgan fingerprint density at radius 3 is 2.90 bits per heavy atom. The third-order valence-corrected chi connectivity index (χ3v) is 3.54. The molecule has 1 aromatic heterocycles. The van der Waals surface area contributed by atoms with Crippen LogP contribution in [-0.4, -0.2) is 34.2 Å². The monoisotopic (exact) mass is 276 g/mol. The lowest BCUT2D eigenvalue weighted by molar-refractivity contribution is 0.182. The van der Waals surface area contributed by atoms with Gasteiger partial charge in [0.15, 0.2) is 0 Å². The van der Waals surface area contributed by atoms with Crippen LogP contribution in [0.1, 0.15) is 18.7 Å². The van der Waals surface area contributed by atoms with Crippen molar-refractivity contribution in [2.45, 2.75) is 25.4 Å². The van der Waals surface area contributed by atoms with E-state index in [2.05, 4.69) is 15.0 Å². The smallest absolute Gasteiger partial charge is 0.241 e. The average molecular weight is 276 g/mol. The summed E-state index contributed by atoms with van der Waals surface area (Å²) in [5.41, 5.74) is 6.50. The number of nitrogens with two attached hydrogens (primary N) is 1. The van der Waals surface area contributed by atoms with Crippen LogP contribution in [0.3, 0.4) is 0 Å². The standard InChI is InChI=1S/C14H17FN4O/c15-11-3-1-2-10(8-11)14-17-13(20-18-14)9-19-6-4-12(16)5-7-19/h1-3,8,12H,4-7,9,16H2. The Bertz CT molecular complexity index is 578. The van der Waals surface area contributed by atoms with E-state index < -0.39 is 0 Å². The van der Waals surface area contributed by atoms with Gasteiger partial charge in [-0.2, -0.15) is 4.98 Å². The SMILES string of the molecule is NC1CCN(Cc2nc(-c3cccc(F)c3)no2)CC1. The Balaban J connectivity index is 1.68. The van der Waals surface area contributed by atoms with Crippen molar-refractivity contribution in [2.24, 2.45) is 5.73 Å². The summed E-state index contributed by atoms with van der Waals surface area (Å²) in [5, 5.41) is 3.90. The lowest BCUT2D eigenvalue weighted by Crippen LogP contribution is -2.39. The topological polar surface area (TPSA) is 68.2 Å². The van der Waals surface area contributed by atoms with E-state index in [1.165, 1.54) is 12.1 Å². The highest BCUT2D eigenvalue weighted by Crippen LogP contribution is 2.18. The zero-order valence-electron chi connectivity index (χ0n) is 11.1. The minimum atomic E-state index is -0.307. The van der Waals surface area contributed by atoms with Gasteiger partial charge in [0.2, 0.25) is 11.7 Å². The Morgan fingerprint density at radius 1 is 1.35 bits per heavy atom. The average Bonchev–Trinajstić information content (AvgIpc) is 2.90. The Hall–Kier alpha value is -1.79. The lowest BCUT2D eigenvalue weighted by Gasteiger charge is -2.28. The van der Waals surface area contributed by atoms with E-state index in [0.29, 0.717) is 29.9 Å². The third kappa shape index (κ3) is 3.02. The fraction of sp³-hybridized carbons (Fsp3) is 0.429. The van der Waals surface area contributed by atoms with Gasteiger partial charge in [0.25, 0.3) is 0 Å². The lowest BCUT2D eigenvalue weighted by atomic mass is 10.1. The predicted octanol–water partition coefficient (Wildman–Crippen LogP) is 1.80. The molecule has 0 saturated carbocycles.